The third-order valence-corrected chi connectivity index (χ3v) is 3.46. The molecule has 1 saturated heterocycles. The number of nitrogens with zero attached hydrogens (tertiary/aromatic N) is 2. The molecule has 1 atom stereocenters. The molecule has 6 heteroatoms. The fraction of sp³-hybridized carbons (Fsp3) is 0.562. The fourth-order valence-corrected chi connectivity index (χ4v) is 2.57. The molecule has 0 bridgehead atoms. The van der Waals surface area contributed by atoms with Gasteiger partial charge in [0.15, 0.2) is 0 Å². The molecule has 0 spiro atoms. The van der Waals surface area contributed by atoms with E-state index in [0.717, 1.165) is 24.9 Å². The second-order valence-electron chi connectivity index (χ2n) is 6.47. The van der Waals surface area contributed by atoms with Crippen LogP contribution in [0.3, 0.4) is 0 Å². The quantitative estimate of drug-likeness (QED) is 0.911. The molecule has 2 amide bonds. The molecule has 0 saturated carbocycles. The molecule has 1 unspecified atom stereocenters. The van der Waals surface area contributed by atoms with E-state index >= 15 is 0 Å². The first-order valence-electron chi connectivity index (χ1n) is 7.49. The third kappa shape index (κ3) is 4.19. The predicted octanol–water partition coefficient (Wildman–Crippen LogP) is 3.11. The van der Waals surface area contributed by atoms with E-state index in [-0.39, 0.29) is 11.9 Å². The lowest BCUT2D eigenvalue weighted by Gasteiger charge is -2.23. The SMILES string of the molecule is CC(=O)N1CCCC1c1ccc(NC(=O)OC(C)(C)C)nc1. The van der Waals surface area contributed by atoms with Gasteiger partial charge in [0.1, 0.15) is 11.4 Å². The van der Waals surface area contributed by atoms with Crippen molar-refractivity contribution in [3.8, 4) is 0 Å². The Kier molecular flexibility index (Phi) is 4.68. The first-order chi connectivity index (χ1) is 10.3. The summed E-state index contributed by atoms with van der Waals surface area (Å²) < 4.78 is 5.18. The Morgan fingerprint density at radius 1 is 1.36 bits per heavy atom. The first kappa shape index (κ1) is 16.3. The zero-order valence-corrected chi connectivity index (χ0v) is 13.5. The number of nitrogens with one attached hydrogen (secondary N) is 1. The van der Waals surface area contributed by atoms with Crippen LogP contribution in [-0.2, 0) is 9.53 Å². The highest BCUT2D eigenvalue weighted by Crippen LogP contribution is 2.31. The zero-order chi connectivity index (χ0) is 16.3. The molecule has 6 nitrogen and oxygen atoms in total. The summed E-state index contributed by atoms with van der Waals surface area (Å²) in [5.41, 5.74) is 0.443. The molecule has 0 aliphatic carbocycles. The molecule has 1 aliphatic rings. The van der Waals surface area contributed by atoms with Gasteiger partial charge in [-0.1, -0.05) is 6.07 Å². The maximum absolute atomic E-state index is 11.7. The Balaban J connectivity index is 2.01. The summed E-state index contributed by atoms with van der Waals surface area (Å²) in [4.78, 5) is 29.4. The van der Waals surface area contributed by atoms with E-state index in [1.165, 1.54) is 0 Å². The van der Waals surface area contributed by atoms with Gasteiger partial charge in [0.25, 0.3) is 0 Å². The van der Waals surface area contributed by atoms with Crippen LogP contribution >= 0.6 is 0 Å². The smallest absolute Gasteiger partial charge is 0.413 e. The van der Waals surface area contributed by atoms with Crippen LogP contribution in [-0.4, -0.2) is 34.0 Å². The number of hydrogen-bond donors (Lipinski definition) is 1. The van der Waals surface area contributed by atoms with Crippen molar-refractivity contribution in [3.63, 3.8) is 0 Å². The van der Waals surface area contributed by atoms with E-state index in [9.17, 15) is 9.59 Å². The van der Waals surface area contributed by atoms with Gasteiger partial charge in [-0.15, -0.1) is 0 Å². The predicted molar refractivity (Wildman–Crippen MR) is 83.5 cm³/mol. The van der Waals surface area contributed by atoms with E-state index in [0.29, 0.717) is 5.82 Å². The molecule has 0 radical (unpaired) electrons. The van der Waals surface area contributed by atoms with E-state index in [1.807, 2.05) is 11.0 Å². The number of pyridine rings is 1. The lowest BCUT2D eigenvalue weighted by molar-refractivity contribution is -0.129. The van der Waals surface area contributed by atoms with Crippen molar-refractivity contribution in [1.82, 2.24) is 9.88 Å². The molecular formula is C16H23N3O3. The van der Waals surface area contributed by atoms with E-state index in [2.05, 4.69) is 10.3 Å². The number of anilines is 1. The average molecular weight is 305 g/mol. The zero-order valence-electron chi connectivity index (χ0n) is 13.5. The highest BCUT2D eigenvalue weighted by atomic mass is 16.6. The van der Waals surface area contributed by atoms with Crippen molar-refractivity contribution in [2.75, 3.05) is 11.9 Å². The maximum Gasteiger partial charge on any atom is 0.413 e. The van der Waals surface area contributed by atoms with Crippen LogP contribution in [0.4, 0.5) is 10.6 Å². The summed E-state index contributed by atoms with van der Waals surface area (Å²) in [6.45, 7) is 7.79. The Bertz CT molecular complexity index is 549. The topological polar surface area (TPSA) is 71.5 Å². The van der Waals surface area contributed by atoms with Gasteiger partial charge >= 0.3 is 6.09 Å². The number of hydrogen-bond acceptors (Lipinski definition) is 4. The molecule has 22 heavy (non-hydrogen) atoms. The Hall–Kier alpha value is -2.11. The van der Waals surface area contributed by atoms with Crippen LogP contribution in [0.2, 0.25) is 0 Å². The van der Waals surface area contributed by atoms with Gasteiger partial charge in [-0.25, -0.2) is 9.78 Å². The third-order valence-electron chi connectivity index (χ3n) is 3.46. The van der Waals surface area contributed by atoms with Crippen LogP contribution in [0.15, 0.2) is 18.3 Å². The number of amides is 2. The van der Waals surface area contributed by atoms with Crippen molar-refractivity contribution in [2.45, 2.75) is 52.2 Å². The summed E-state index contributed by atoms with van der Waals surface area (Å²) in [5, 5.41) is 2.60. The summed E-state index contributed by atoms with van der Waals surface area (Å²) in [5.74, 6) is 0.517. The lowest BCUT2D eigenvalue weighted by atomic mass is 10.1. The number of likely N-dealkylation sites (tertiary alicyclic amines) is 1. The Morgan fingerprint density at radius 2 is 2.09 bits per heavy atom. The number of aromatic nitrogens is 1. The second kappa shape index (κ2) is 6.34. The normalized spacial score (nSPS) is 18.2. The van der Waals surface area contributed by atoms with Gasteiger partial charge in [0.2, 0.25) is 5.91 Å². The van der Waals surface area contributed by atoms with Crippen molar-refractivity contribution >= 4 is 17.8 Å². The largest absolute Gasteiger partial charge is 0.444 e. The molecule has 1 aromatic heterocycles. The van der Waals surface area contributed by atoms with Crippen molar-refractivity contribution in [3.05, 3.63) is 23.9 Å². The molecule has 1 aliphatic heterocycles. The minimum Gasteiger partial charge on any atom is -0.444 e. The van der Waals surface area contributed by atoms with Crippen LogP contribution in [0.25, 0.3) is 0 Å². The molecule has 1 fully saturated rings. The molecule has 2 heterocycles. The van der Waals surface area contributed by atoms with Gasteiger partial charge in [-0.2, -0.15) is 0 Å². The molecular weight excluding hydrogens is 282 g/mol. The summed E-state index contributed by atoms with van der Waals surface area (Å²) >= 11 is 0. The minimum atomic E-state index is -0.546. The van der Waals surface area contributed by atoms with Gasteiger partial charge in [0.05, 0.1) is 6.04 Å². The fourth-order valence-electron chi connectivity index (χ4n) is 2.57. The van der Waals surface area contributed by atoms with Crippen LogP contribution in [0, 0.1) is 0 Å². The van der Waals surface area contributed by atoms with Gasteiger partial charge in [-0.05, 0) is 45.2 Å². The standard InChI is InChI=1S/C16H23N3O3/c1-11(20)19-9-5-6-13(19)12-7-8-14(17-10-12)18-15(21)22-16(2,3)4/h7-8,10,13H,5-6,9H2,1-4H3,(H,17,18,21). The maximum atomic E-state index is 11.7. The van der Waals surface area contributed by atoms with E-state index < -0.39 is 11.7 Å². The molecule has 0 aromatic carbocycles. The molecule has 1 aromatic rings. The van der Waals surface area contributed by atoms with Crippen molar-refractivity contribution in [2.24, 2.45) is 0 Å². The number of carbonyl (C=O) groups excluding carboxylic acids is 2. The summed E-state index contributed by atoms with van der Waals surface area (Å²) in [6.07, 6.45) is 3.12. The summed E-state index contributed by atoms with van der Waals surface area (Å²) in [7, 11) is 0. The van der Waals surface area contributed by atoms with E-state index in [4.69, 9.17) is 4.74 Å². The van der Waals surface area contributed by atoms with Gasteiger partial charge in [0, 0.05) is 19.7 Å². The monoisotopic (exact) mass is 305 g/mol. The average Bonchev–Trinajstić information content (AvgIpc) is 2.86. The van der Waals surface area contributed by atoms with E-state index in [1.54, 1.807) is 40.0 Å². The highest BCUT2D eigenvalue weighted by molar-refractivity contribution is 5.83. The van der Waals surface area contributed by atoms with Crippen molar-refractivity contribution in [1.29, 1.82) is 0 Å². The molecule has 1 N–H and O–H groups in total. The number of rotatable bonds is 2. The van der Waals surface area contributed by atoms with Crippen LogP contribution in [0.5, 0.6) is 0 Å². The van der Waals surface area contributed by atoms with Crippen molar-refractivity contribution < 1.29 is 14.3 Å². The number of ether oxygens (including phenoxy) is 1. The first-order valence-corrected chi connectivity index (χ1v) is 7.49. The number of carbonyl (C=O) groups is 2. The van der Waals surface area contributed by atoms with Gasteiger partial charge in [-0.3, -0.25) is 10.1 Å². The van der Waals surface area contributed by atoms with Crippen LogP contribution in [0.1, 0.15) is 52.1 Å². The molecule has 2 rings (SSSR count). The summed E-state index contributed by atoms with van der Waals surface area (Å²) in [6, 6.07) is 3.71. The minimum absolute atomic E-state index is 0.0819. The Morgan fingerprint density at radius 3 is 2.64 bits per heavy atom. The lowest BCUT2D eigenvalue weighted by Crippen LogP contribution is -2.28. The highest BCUT2D eigenvalue weighted by Gasteiger charge is 2.28. The second-order valence-corrected chi connectivity index (χ2v) is 6.47. The van der Waals surface area contributed by atoms with Crippen LogP contribution < -0.4 is 5.32 Å². The molecule has 120 valence electrons. The van der Waals surface area contributed by atoms with Gasteiger partial charge < -0.3 is 9.64 Å². The Labute approximate surface area is 130 Å².